The van der Waals surface area contributed by atoms with Gasteiger partial charge >= 0.3 is 0 Å². The molecule has 0 aliphatic carbocycles. The van der Waals surface area contributed by atoms with Crippen LogP contribution < -0.4 is 10.1 Å². The van der Waals surface area contributed by atoms with Gasteiger partial charge in [-0.25, -0.2) is 0 Å². The second-order valence-corrected chi connectivity index (χ2v) is 6.69. The van der Waals surface area contributed by atoms with Crippen LogP contribution in [0.2, 0.25) is 0 Å². The Balaban J connectivity index is 1.75. The zero-order valence-electron chi connectivity index (χ0n) is 13.5. The number of para-hydroxylation sites is 1. The molecular weight excluding hydrogens is 328 g/mol. The van der Waals surface area contributed by atoms with Crippen LogP contribution in [0.1, 0.15) is 23.4 Å². The molecule has 1 saturated heterocycles. The van der Waals surface area contributed by atoms with Crippen molar-refractivity contribution in [1.29, 1.82) is 0 Å². The number of hydrogen-bond donors (Lipinski definition) is 1. The maximum Gasteiger partial charge on any atom is 0.249 e. The molecule has 1 atom stereocenters. The van der Waals surface area contributed by atoms with Gasteiger partial charge in [0.25, 0.3) is 0 Å². The molecule has 0 spiro atoms. The molecule has 0 bridgehead atoms. The van der Waals surface area contributed by atoms with Crippen LogP contribution in [0.4, 0.5) is 5.13 Å². The molecule has 1 aliphatic heterocycles. The van der Waals surface area contributed by atoms with Crippen molar-refractivity contribution in [3.63, 3.8) is 0 Å². The third-order valence-corrected chi connectivity index (χ3v) is 4.67. The topological polar surface area (TPSA) is 84.4 Å². The van der Waals surface area contributed by atoms with Crippen molar-refractivity contribution in [2.24, 2.45) is 0 Å². The quantitative estimate of drug-likeness (QED) is 0.895. The smallest absolute Gasteiger partial charge is 0.249 e. The number of carbonyl (C=O) groups is 2. The average Bonchev–Trinajstić information content (AvgIpc) is 3.14. The van der Waals surface area contributed by atoms with Gasteiger partial charge in [-0.3, -0.25) is 14.9 Å². The van der Waals surface area contributed by atoms with Gasteiger partial charge in [0.15, 0.2) is 0 Å². The molecule has 1 aliphatic rings. The number of rotatable bonds is 5. The van der Waals surface area contributed by atoms with Gasteiger partial charge in [0.1, 0.15) is 16.8 Å². The van der Waals surface area contributed by atoms with Gasteiger partial charge in [-0.2, -0.15) is 0 Å². The molecule has 1 unspecified atom stereocenters. The molecule has 7 nitrogen and oxygen atoms in total. The number of likely N-dealkylation sites (tertiary alicyclic amines) is 1. The first-order chi connectivity index (χ1) is 11.6. The van der Waals surface area contributed by atoms with Crippen molar-refractivity contribution in [3.8, 4) is 5.75 Å². The fourth-order valence-corrected chi connectivity index (χ4v) is 3.35. The fourth-order valence-electron chi connectivity index (χ4n) is 2.76. The first kappa shape index (κ1) is 16.4. The zero-order chi connectivity index (χ0) is 17.1. The summed E-state index contributed by atoms with van der Waals surface area (Å²) in [6.07, 6.45) is 0.861. The van der Waals surface area contributed by atoms with E-state index in [2.05, 4.69) is 15.5 Å². The van der Waals surface area contributed by atoms with E-state index < -0.39 is 6.04 Å². The summed E-state index contributed by atoms with van der Waals surface area (Å²) in [6.45, 7) is 2.16. The molecular formula is C16H18N4O3S. The third kappa shape index (κ3) is 3.38. The minimum absolute atomic E-state index is 0.0329. The van der Waals surface area contributed by atoms with Crippen LogP contribution >= 0.6 is 11.3 Å². The summed E-state index contributed by atoms with van der Waals surface area (Å²) in [7, 11) is 1.59. The van der Waals surface area contributed by atoms with E-state index in [1.807, 2.05) is 31.2 Å². The summed E-state index contributed by atoms with van der Waals surface area (Å²) in [5.41, 5.74) is 0.875. The van der Waals surface area contributed by atoms with Crippen molar-refractivity contribution in [3.05, 3.63) is 34.8 Å². The summed E-state index contributed by atoms with van der Waals surface area (Å²) >= 11 is 1.31. The van der Waals surface area contributed by atoms with Gasteiger partial charge in [-0.15, -0.1) is 10.2 Å². The largest absolute Gasteiger partial charge is 0.496 e. The molecule has 2 amide bonds. The molecule has 0 saturated carbocycles. The monoisotopic (exact) mass is 346 g/mol. The van der Waals surface area contributed by atoms with E-state index >= 15 is 0 Å². The Morgan fingerprint density at radius 1 is 1.42 bits per heavy atom. The Morgan fingerprint density at radius 2 is 2.21 bits per heavy atom. The molecule has 1 aromatic carbocycles. The van der Waals surface area contributed by atoms with E-state index in [-0.39, 0.29) is 11.8 Å². The Bertz CT molecular complexity index is 761. The van der Waals surface area contributed by atoms with Crippen molar-refractivity contribution < 1.29 is 14.3 Å². The number of methoxy groups -OCH3 is 1. The lowest BCUT2D eigenvalue weighted by Crippen LogP contribution is -2.41. The highest BCUT2D eigenvalue weighted by Gasteiger charge is 2.36. The standard InChI is InChI=1S/C16H18N4O3S/c1-10-18-19-16(24-10)17-15(22)12-7-8-14(21)20(12)9-11-5-3-4-6-13(11)23-2/h3-6,12H,7-9H2,1-2H3,(H,17,19,22). The fraction of sp³-hybridized carbons (Fsp3) is 0.375. The summed E-state index contributed by atoms with van der Waals surface area (Å²) in [4.78, 5) is 26.4. The second kappa shape index (κ2) is 6.96. The molecule has 126 valence electrons. The number of benzene rings is 1. The van der Waals surface area contributed by atoms with Crippen LogP contribution in [-0.4, -0.2) is 40.1 Å². The molecule has 1 aromatic heterocycles. The number of hydrogen-bond acceptors (Lipinski definition) is 6. The van der Waals surface area contributed by atoms with Gasteiger partial charge < -0.3 is 9.64 Å². The van der Waals surface area contributed by atoms with Crippen LogP contribution in [0.25, 0.3) is 0 Å². The second-order valence-electron chi connectivity index (χ2n) is 5.50. The Kier molecular flexibility index (Phi) is 4.75. The third-order valence-electron chi connectivity index (χ3n) is 3.92. The lowest BCUT2D eigenvalue weighted by Gasteiger charge is -2.24. The van der Waals surface area contributed by atoms with Crippen molar-refractivity contribution >= 4 is 28.3 Å². The van der Waals surface area contributed by atoms with Gasteiger partial charge in [-0.1, -0.05) is 29.5 Å². The number of nitrogens with one attached hydrogen (secondary N) is 1. The maximum atomic E-state index is 12.5. The molecule has 1 fully saturated rings. The number of aromatic nitrogens is 2. The summed E-state index contributed by atoms with van der Waals surface area (Å²) in [5.74, 6) is 0.442. The normalized spacial score (nSPS) is 17.2. The first-order valence-electron chi connectivity index (χ1n) is 7.61. The highest BCUT2D eigenvalue weighted by molar-refractivity contribution is 7.15. The number of amides is 2. The van der Waals surface area contributed by atoms with E-state index in [0.717, 1.165) is 10.6 Å². The van der Waals surface area contributed by atoms with Crippen molar-refractivity contribution in [2.75, 3.05) is 12.4 Å². The number of aryl methyl sites for hydroxylation is 1. The molecule has 0 radical (unpaired) electrons. The molecule has 24 heavy (non-hydrogen) atoms. The van der Waals surface area contributed by atoms with Crippen LogP contribution in [-0.2, 0) is 16.1 Å². The lowest BCUT2D eigenvalue weighted by molar-refractivity contribution is -0.133. The number of nitrogens with zero attached hydrogens (tertiary/aromatic N) is 3. The SMILES string of the molecule is COc1ccccc1CN1C(=O)CCC1C(=O)Nc1nnc(C)s1. The lowest BCUT2D eigenvalue weighted by atomic mass is 10.1. The predicted molar refractivity (Wildman–Crippen MR) is 89.8 cm³/mol. The summed E-state index contributed by atoms with van der Waals surface area (Å²) < 4.78 is 5.33. The molecule has 3 rings (SSSR count). The van der Waals surface area contributed by atoms with Crippen molar-refractivity contribution in [2.45, 2.75) is 32.4 Å². The number of carbonyl (C=O) groups excluding carboxylic acids is 2. The Hall–Kier alpha value is -2.48. The van der Waals surface area contributed by atoms with Crippen LogP contribution in [0.3, 0.4) is 0 Å². The molecule has 8 heteroatoms. The minimum atomic E-state index is -0.508. The van der Waals surface area contributed by atoms with Crippen molar-refractivity contribution in [1.82, 2.24) is 15.1 Å². The molecule has 2 aromatic rings. The Labute approximate surface area is 143 Å². The maximum absolute atomic E-state index is 12.5. The van der Waals surface area contributed by atoms with E-state index in [1.54, 1.807) is 12.0 Å². The van der Waals surface area contributed by atoms with E-state index in [0.29, 0.717) is 30.3 Å². The minimum Gasteiger partial charge on any atom is -0.496 e. The zero-order valence-corrected chi connectivity index (χ0v) is 14.3. The highest BCUT2D eigenvalue weighted by atomic mass is 32.1. The molecule has 1 N–H and O–H groups in total. The summed E-state index contributed by atoms with van der Waals surface area (Å²) in [6, 6.07) is 6.99. The van der Waals surface area contributed by atoms with Gasteiger partial charge in [0.2, 0.25) is 16.9 Å². The number of ether oxygens (including phenoxy) is 1. The molecule has 2 heterocycles. The van der Waals surface area contributed by atoms with E-state index in [1.165, 1.54) is 11.3 Å². The van der Waals surface area contributed by atoms with Gasteiger partial charge in [-0.05, 0) is 19.4 Å². The van der Waals surface area contributed by atoms with Gasteiger partial charge in [0, 0.05) is 12.0 Å². The predicted octanol–water partition coefficient (Wildman–Crippen LogP) is 1.98. The van der Waals surface area contributed by atoms with Gasteiger partial charge in [0.05, 0.1) is 13.7 Å². The van der Waals surface area contributed by atoms with Crippen LogP contribution in [0, 0.1) is 6.92 Å². The van der Waals surface area contributed by atoms with E-state index in [4.69, 9.17) is 4.74 Å². The summed E-state index contributed by atoms with van der Waals surface area (Å²) in [5, 5.41) is 11.8. The Morgan fingerprint density at radius 3 is 2.92 bits per heavy atom. The van der Waals surface area contributed by atoms with Crippen LogP contribution in [0.15, 0.2) is 24.3 Å². The average molecular weight is 346 g/mol. The van der Waals surface area contributed by atoms with Crippen LogP contribution in [0.5, 0.6) is 5.75 Å². The highest BCUT2D eigenvalue weighted by Crippen LogP contribution is 2.27. The van der Waals surface area contributed by atoms with E-state index in [9.17, 15) is 9.59 Å². The number of anilines is 1. The first-order valence-corrected chi connectivity index (χ1v) is 8.42.